The number of nitrogens with zero attached hydrogens (tertiary/aromatic N) is 2. The van der Waals surface area contributed by atoms with Crippen LogP contribution in [0.4, 0.5) is 17.1 Å². The Labute approximate surface area is 152 Å². The SMILES string of the molecule is Cc1ccc(NC(=O)c2ccc(Nc3cccc(C#N)c3)cn2)c(C)c1. The first kappa shape index (κ1) is 17.2. The number of nitrogens with one attached hydrogen (secondary N) is 2. The highest BCUT2D eigenvalue weighted by atomic mass is 16.1. The lowest BCUT2D eigenvalue weighted by atomic mass is 10.1. The number of aromatic nitrogens is 1. The quantitative estimate of drug-likeness (QED) is 0.728. The van der Waals surface area contributed by atoms with Gasteiger partial charge >= 0.3 is 0 Å². The predicted molar refractivity (Wildman–Crippen MR) is 103 cm³/mol. The molecule has 5 nitrogen and oxygen atoms in total. The molecule has 26 heavy (non-hydrogen) atoms. The highest BCUT2D eigenvalue weighted by Crippen LogP contribution is 2.19. The number of carbonyl (C=O) groups is 1. The van der Waals surface area contributed by atoms with E-state index >= 15 is 0 Å². The minimum absolute atomic E-state index is 0.255. The summed E-state index contributed by atoms with van der Waals surface area (Å²) in [5, 5.41) is 15.0. The van der Waals surface area contributed by atoms with E-state index < -0.39 is 0 Å². The van der Waals surface area contributed by atoms with Crippen molar-refractivity contribution < 1.29 is 4.79 Å². The van der Waals surface area contributed by atoms with Crippen LogP contribution in [0.25, 0.3) is 0 Å². The van der Waals surface area contributed by atoms with Crippen LogP contribution in [0.1, 0.15) is 27.2 Å². The maximum absolute atomic E-state index is 12.4. The average molecular weight is 342 g/mol. The largest absolute Gasteiger partial charge is 0.354 e. The lowest BCUT2D eigenvalue weighted by Crippen LogP contribution is -2.14. The van der Waals surface area contributed by atoms with Crippen molar-refractivity contribution in [3.63, 3.8) is 0 Å². The Balaban J connectivity index is 1.70. The Hall–Kier alpha value is -3.65. The van der Waals surface area contributed by atoms with Crippen LogP contribution >= 0.6 is 0 Å². The highest BCUT2D eigenvalue weighted by Gasteiger charge is 2.09. The second-order valence-corrected chi connectivity index (χ2v) is 6.02. The molecule has 0 aliphatic carbocycles. The van der Waals surface area contributed by atoms with E-state index in [2.05, 4.69) is 21.7 Å². The van der Waals surface area contributed by atoms with Gasteiger partial charge in [-0.3, -0.25) is 4.79 Å². The summed E-state index contributed by atoms with van der Waals surface area (Å²) in [6, 6.07) is 18.6. The first-order valence-corrected chi connectivity index (χ1v) is 8.17. The molecule has 3 aromatic rings. The summed E-state index contributed by atoms with van der Waals surface area (Å²) >= 11 is 0. The molecule has 0 radical (unpaired) electrons. The number of pyridine rings is 1. The monoisotopic (exact) mass is 342 g/mol. The van der Waals surface area contributed by atoms with Gasteiger partial charge in [0, 0.05) is 11.4 Å². The van der Waals surface area contributed by atoms with Crippen LogP contribution in [0.5, 0.6) is 0 Å². The average Bonchev–Trinajstić information content (AvgIpc) is 2.64. The van der Waals surface area contributed by atoms with E-state index in [1.54, 1.807) is 36.5 Å². The molecule has 0 unspecified atom stereocenters. The number of hydrogen-bond acceptors (Lipinski definition) is 4. The molecule has 0 aliphatic heterocycles. The van der Waals surface area contributed by atoms with Gasteiger partial charge in [0.2, 0.25) is 0 Å². The second-order valence-electron chi connectivity index (χ2n) is 6.02. The third-order valence-corrected chi connectivity index (χ3v) is 3.91. The van der Waals surface area contributed by atoms with Crippen LogP contribution in [-0.4, -0.2) is 10.9 Å². The van der Waals surface area contributed by atoms with Gasteiger partial charge in [0.25, 0.3) is 5.91 Å². The minimum Gasteiger partial charge on any atom is -0.354 e. The summed E-state index contributed by atoms with van der Waals surface area (Å²) < 4.78 is 0. The fraction of sp³-hybridized carbons (Fsp3) is 0.0952. The second kappa shape index (κ2) is 7.49. The smallest absolute Gasteiger partial charge is 0.274 e. The maximum Gasteiger partial charge on any atom is 0.274 e. The number of anilines is 3. The first-order valence-electron chi connectivity index (χ1n) is 8.17. The van der Waals surface area contributed by atoms with E-state index in [-0.39, 0.29) is 5.91 Å². The molecule has 5 heteroatoms. The fourth-order valence-corrected chi connectivity index (χ4v) is 2.58. The molecule has 2 N–H and O–H groups in total. The van der Waals surface area contributed by atoms with Crippen molar-refractivity contribution in [1.29, 1.82) is 5.26 Å². The Morgan fingerprint density at radius 3 is 2.58 bits per heavy atom. The Morgan fingerprint density at radius 2 is 1.88 bits per heavy atom. The molecule has 1 aromatic heterocycles. The van der Waals surface area contributed by atoms with Gasteiger partial charge < -0.3 is 10.6 Å². The molecule has 1 heterocycles. The van der Waals surface area contributed by atoms with Crippen molar-refractivity contribution in [2.75, 3.05) is 10.6 Å². The van der Waals surface area contributed by atoms with Crippen LogP contribution in [0.15, 0.2) is 60.8 Å². The van der Waals surface area contributed by atoms with E-state index in [1.807, 2.05) is 38.1 Å². The zero-order valence-electron chi connectivity index (χ0n) is 14.6. The van der Waals surface area contributed by atoms with Gasteiger partial charge in [0.15, 0.2) is 0 Å². The lowest BCUT2D eigenvalue weighted by molar-refractivity contribution is 0.102. The topological polar surface area (TPSA) is 77.8 Å². The molecule has 0 fully saturated rings. The molecular formula is C21H18N4O. The molecular weight excluding hydrogens is 324 g/mol. The van der Waals surface area contributed by atoms with Gasteiger partial charge in [-0.1, -0.05) is 23.8 Å². The van der Waals surface area contributed by atoms with Gasteiger partial charge in [-0.25, -0.2) is 4.98 Å². The molecule has 0 aliphatic rings. The van der Waals surface area contributed by atoms with Gasteiger partial charge in [-0.05, 0) is 55.8 Å². The summed E-state index contributed by atoms with van der Waals surface area (Å²) in [7, 11) is 0. The van der Waals surface area contributed by atoms with Gasteiger partial charge in [-0.2, -0.15) is 5.26 Å². The fourth-order valence-electron chi connectivity index (χ4n) is 2.58. The molecule has 0 saturated heterocycles. The summed E-state index contributed by atoms with van der Waals surface area (Å²) in [5.41, 5.74) is 5.37. The maximum atomic E-state index is 12.4. The van der Waals surface area contributed by atoms with Gasteiger partial charge in [0.05, 0.1) is 23.5 Å². The zero-order valence-corrected chi connectivity index (χ0v) is 14.6. The van der Waals surface area contributed by atoms with Crippen molar-refractivity contribution in [2.24, 2.45) is 0 Å². The number of amides is 1. The van der Waals surface area contributed by atoms with Crippen molar-refractivity contribution >= 4 is 23.0 Å². The standard InChI is InChI=1S/C21H18N4O/c1-14-6-8-19(15(2)10-14)25-21(26)20-9-7-18(13-23-20)24-17-5-3-4-16(11-17)12-22/h3-11,13,24H,1-2H3,(H,25,26). The van der Waals surface area contributed by atoms with Crippen LogP contribution in [0.2, 0.25) is 0 Å². The van der Waals surface area contributed by atoms with E-state index in [0.29, 0.717) is 11.3 Å². The van der Waals surface area contributed by atoms with E-state index in [0.717, 1.165) is 28.2 Å². The number of aryl methyl sites for hydroxylation is 2. The van der Waals surface area contributed by atoms with Crippen molar-refractivity contribution in [2.45, 2.75) is 13.8 Å². The summed E-state index contributed by atoms with van der Waals surface area (Å²) in [6.07, 6.45) is 1.59. The minimum atomic E-state index is -0.255. The highest BCUT2D eigenvalue weighted by molar-refractivity contribution is 6.03. The predicted octanol–water partition coefficient (Wildman–Crippen LogP) is 4.57. The summed E-state index contributed by atoms with van der Waals surface area (Å²) in [5.74, 6) is -0.255. The summed E-state index contributed by atoms with van der Waals surface area (Å²) in [4.78, 5) is 16.6. The van der Waals surface area contributed by atoms with Crippen LogP contribution in [0, 0.1) is 25.2 Å². The zero-order chi connectivity index (χ0) is 18.5. The van der Waals surface area contributed by atoms with Crippen molar-refractivity contribution in [3.05, 3.63) is 83.2 Å². The number of carbonyl (C=O) groups excluding carboxylic acids is 1. The number of benzene rings is 2. The van der Waals surface area contributed by atoms with Crippen LogP contribution < -0.4 is 10.6 Å². The van der Waals surface area contributed by atoms with Gasteiger partial charge in [-0.15, -0.1) is 0 Å². The molecule has 3 rings (SSSR count). The first-order chi connectivity index (χ1) is 12.5. The Kier molecular flexibility index (Phi) is 4.95. The lowest BCUT2D eigenvalue weighted by Gasteiger charge is -2.10. The van der Waals surface area contributed by atoms with E-state index in [9.17, 15) is 4.79 Å². The number of rotatable bonds is 4. The van der Waals surface area contributed by atoms with Crippen LogP contribution in [0.3, 0.4) is 0 Å². The van der Waals surface area contributed by atoms with Crippen molar-refractivity contribution in [3.8, 4) is 6.07 Å². The molecule has 128 valence electrons. The van der Waals surface area contributed by atoms with Crippen molar-refractivity contribution in [1.82, 2.24) is 4.98 Å². The summed E-state index contributed by atoms with van der Waals surface area (Å²) in [6.45, 7) is 3.97. The molecule has 0 bridgehead atoms. The van der Waals surface area contributed by atoms with E-state index in [4.69, 9.17) is 5.26 Å². The third-order valence-electron chi connectivity index (χ3n) is 3.91. The normalized spacial score (nSPS) is 10.0. The molecule has 0 saturated carbocycles. The molecule has 0 spiro atoms. The Bertz CT molecular complexity index is 988. The van der Waals surface area contributed by atoms with E-state index in [1.165, 1.54) is 0 Å². The molecule has 2 aromatic carbocycles. The third kappa shape index (κ3) is 4.05. The molecule has 0 atom stereocenters. The van der Waals surface area contributed by atoms with Gasteiger partial charge in [0.1, 0.15) is 5.69 Å². The Morgan fingerprint density at radius 1 is 1.04 bits per heavy atom. The molecule has 1 amide bonds. The number of hydrogen-bond donors (Lipinski definition) is 2. The number of nitriles is 1. The van der Waals surface area contributed by atoms with Crippen LogP contribution in [-0.2, 0) is 0 Å².